The lowest BCUT2D eigenvalue weighted by Gasteiger charge is -2.46. The Hall–Kier alpha value is -3.58. The van der Waals surface area contributed by atoms with E-state index >= 15 is 0 Å². The van der Waals surface area contributed by atoms with E-state index in [2.05, 4.69) is 89.1 Å². The molecule has 10 heteroatoms. The lowest BCUT2D eigenvalue weighted by atomic mass is 9.79. The Bertz CT molecular complexity index is 1170. The Balaban J connectivity index is 1.60. The molecular formula is C24H32N10. The van der Waals surface area contributed by atoms with Gasteiger partial charge >= 0.3 is 0 Å². The highest BCUT2D eigenvalue weighted by molar-refractivity contribution is 5.62. The third kappa shape index (κ3) is 5.31. The van der Waals surface area contributed by atoms with Gasteiger partial charge in [-0.3, -0.25) is 0 Å². The predicted octanol–water partition coefficient (Wildman–Crippen LogP) is 3.91. The van der Waals surface area contributed by atoms with Gasteiger partial charge < -0.3 is 16.0 Å². The molecule has 1 fully saturated rings. The average Bonchev–Trinajstić information content (AvgIpc) is 3.26. The minimum absolute atomic E-state index is 0.0227. The van der Waals surface area contributed by atoms with Crippen LogP contribution in [0, 0.1) is 11.3 Å². The van der Waals surface area contributed by atoms with Gasteiger partial charge in [0.15, 0.2) is 0 Å². The predicted molar refractivity (Wildman–Crippen MR) is 131 cm³/mol. The molecule has 0 unspecified atom stereocenters. The summed E-state index contributed by atoms with van der Waals surface area (Å²) >= 11 is 0. The van der Waals surface area contributed by atoms with Crippen molar-refractivity contribution in [2.45, 2.75) is 77.4 Å². The zero-order valence-electron chi connectivity index (χ0n) is 20.6. The maximum Gasteiger partial charge on any atom is 0.229 e. The number of piperidine rings is 1. The van der Waals surface area contributed by atoms with Gasteiger partial charge in [0.05, 0.1) is 11.9 Å². The molecule has 0 amide bonds. The van der Waals surface area contributed by atoms with Gasteiger partial charge in [0, 0.05) is 22.8 Å². The summed E-state index contributed by atoms with van der Waals surface area (Å²) in [4.78, 5) is 9.02. The van der Waals surface area contributed by atoms with Crippen LogP contribution < -0.4 is 16.0 Å². The Morgan fingerprint density at radius 3 is 2.53 bits per heavy atom. The van der Waals surface area contributed by atoms with Crippen molar-refractivity contribution in [1.82, 2.24) is 35.5 Å². The normalized spacial score (nSPS) is 17.4. The van der Waals surface area contributed by atoms with Crippen molar-refractivity contribution in [1.29, 1.82) is 5.26 Å². The lowest BCUT2D eigenvalue weighted by Crippen LogP contribution is -2.60. The van der Waals surface area contributed by atoms with Gasteiger partial charge in [-0.1, -0.05) is 19.9 Å². The summed E-state index contributed by atoms with van der Waals surface area (Å²) in [5.41, 5.74) is 3.18. The standard InChI is InChI=1S/C24H32N10/c1-15(2)19-8-7-17(9-20(19)34-14-27-32-33-34)29-22-26-13-16(12-25)21(30-22)28-18-10-23(3,4)31-24(5,6)11-18/h7-9,13-15,18,31H,10-11H2,1-6H3,(H2,26,28,29,30). The molecule has 4 rings (SSSR count). The summed E-state index contributed by atoms with van der Waals surface area (Å²) < 4.78 is 1.65. The van der Waals surface area contributed by atoms with E-state index in [1.165, 1.54) is 0 Å². The first kappa shape index (κ1) is 23.6. The zero-order valence-corrected chi connectivity index (χ0v) is 20.6. The third-order valence-corrected chi connectivity index (χ3v) is 5.94. The number of nitrogens with zero attached hydrogens (tertiary/aromatic N) is 7. The molecule has 1 aromatic carbocycles. The molecule has 0 atom stereocenters. The van der Waals surface area contributed by atoms with Crippen LogP contribution >= 0.6 is 0 Å². The van der Waals surface area contributed by atoms with E-state index in [1.807, 2.05) is 18.2 Å². The van der Waals surface area contributed by atoms with E-state index in [9.17, 15) is 5.26 Å². The molecule has 3 N–H and O–H groups in total. The number of benzene rings is 1. The fourth-order valence-corrected chi connectivity index (χ4v) is 4.96. The fourth-order valence-electron chi connectivity index (χ4n) is 4.96. The molecule has 0 bridgehead atoms. The van der Waals surface area contributed by atoms with Crippen LogP contribution in [0.5, 0.6) is 0 Å². The molecule has 2 aromatic heterocycles. The topological polar surface area (TPSA) is 129 Å². The summed E-state index contributed by atoms with van der Waals surface area (Å²) in [6.45, 7) is 13.0. The first-order valence-corrected chi connectivity index (χ1v) is 11.5. The van der Waals surface area contributed by atoms with Gasteiger partial charge in [-0.25, -0.2) is 9.67 Å². The Morgan fingerprint density at radius 1 is 1.18 bits per heavy atom. The third-order valence-electron chi connectivity index (χ3n) is 5.94. The quantitative estimate of drug-likeness (QED) is 0.501. The van der Waals surface area contributed by atoms with Gasteiger partial charge in [-0.05, 0) is 74.6 Å². The number of nitrogens with one attached hydrogen (secondary N) is 3. The van der Waals surface area contributed by atoms with E-state index in [4.69, 9.17) is 0 Å². The van der Waals surface area contributed by atoms with Gasteiger partial charge in [-0.15, -0.1) is 5.10 Å². The van der Waals surface area contributed by atoms with Crippen molar-refractivity contribution in [3.05, 3.63) is 41.9 Å². The molecule has 0 radical (unpaired) electrons. The van der Waals surface area contributed by atoms with Crippen molar-refractivity contribution in [2.75, 3.05) is 10.6 Å². The van der Waals surface area contributed by atoms with Crippen LogP contribution in [0.3, 0.4) is 0 Å². The molecule has 1 aliphatic rings. The number of hydrogen-bond donors (Lipinski definition) is 3. The number of nitriles is 1. The summed E-state index contributed by atoms with van der Waals surface area (Å²) in [6.07, 6.45) is 4.97. The molecule has 178 valence electrons. The summed E-state index contributed by atoms with van der Waals surface area (Å²) in [5, 5.41) is 31.7. The number of rotatable bonds is 6. The molecule has 3 heterocycles. The molecule has 10 nitrogen and oxygen atoms in total. The Morgan fingerprint density at radius 2 is 1.91 bits per heavy atom. The molecule has 3 aromatic rings. The Kier molecular flexibility index (Phi) is 6.23. The van der Waals surface area contributed by atoms with Crippen LogP contribution in [0.2, 0.25) is 0 Å². The molecule has 0 saturated carbocycles. The van der Waals surface area contributed by atoms with Crippen molar-refractivity contribution in [3.8, 4) is 11.8 Å². The van der Waals surface area contributed by atoms with E-state index in [0.717, 1.165) is 29.8 Å². The Labute approximate surface area is 200 Å². The number of tetrazole rings is 1. The van der Waals surface area contributed by atoms with E-state index in [1.54, 1.807) is 17.2 Å². The monoisotopic (exact) mass is 460 g/mol. The van der Waals surface area contributed by atoms with Gasteiger partial charge in [0.1, 0.15) is 23.8 Å². The number of aromatic nitrogens is 6. The minimum atomic E-state index is -0.0227. The van der Waals surface area contributed by atoms with Crippen LogP contribution in [0.15, 0.2) is 30.7 Å². The van der Waals surface area contributed by atoms with Crippen LogP contribution in [-0.4, -0.2) is 47.3 Å². The molecule has 0 aliphatic carbocycles. The second-order valence-corrected chi connectivity index (χ2v) is 10.5. The highest BCUT2D eigenvalue weighted by Crippen LogP contribution is 2.31. The van der Waals surface area contributed by atoms with E-state index < -0.39 is 0 Å². The molecular weight excluding hydrogens is 428 g/mol. The van der Waals surface area contributed by atoms with Crippen LogP contribution in [0.1, 0.15) is 71.4 Å². The maximum atomic E-state index is 9.63. The lowest BCUT2D eigenvalue weighted by molar-refractivity contribution is 0.170. The molecule has 1 saturated heterocycles. The highest BCUT2D eigenvalue weighted by Gasteiger charge is 2.38. The smallest absolute Gasteiger partial charge is 0.229 e. The first-order valence-electron chi connectivity index (χ1n) is 11.5. The second kappa shape index (κ2) is 8.99. The van der Waals surface area contributed by atoms with Crippen LogP contribution in [0.4, 0.5) is 17.5 Å². The van der Waals surface area contributed by atoms with Crippen LogP contribution in [-0.2, 0) is 0 Å². The van der Waals surface area contributed by atoms with Gasteiger partial charge in [0.2, 0.25) is 5.95 Å². The van der Waals surface area contributed by atoms with E-state index in [0.29, 0.717) is 23.2 Å². The van der Waals surface area contributed by atoms with Crippen molar-refractivity contribution in [2.24, 2.45) is 0 Å². The first-order chi connectivity index (χ1) is 16.0. The zero-order chi connectivity index (χ0) is 24.5. The van der Waals surface area contributed by atoms with Gasteiger partial charge in [0.25, 0.3) is 0 Å². The van der Waals surface area contributed by atoms with Crippen molar-refractivity contribution >= 4 is 17.5 Å². The molecule has 0 spiro atoms. The second-order valence-electron chi connectivity index (χ2n) is 10.5. The minimum Gasteiger partial charge on any atom is -0.366 e. The van der Waals surface area contributed by atoms with Crippen LogP contribution in [0.25, 0.3) is 5.69 Å². The highest BCUT2D eigenvalue weighted by atomic mass is 15.5. The maximum absolute atomic E-state index is 9.63. The summed E-state index contributed by atoms with van der Waals surface area (Å²) in [5.74, 6) is 1.25. The largest absolute Gasteiger partial charge is 0.366 e. The number of anilines is 3. The molecule has 1 aliphatic heterocycles. The molecule has 34 heavy (non-hydrogen) atoms. The fraction of sp³-hybridized carbons (Fsp3) is 0.500. The summed E-state index contributed by atoms with van der Waals surface area (Å²) in [6, 6.07) is 8.39. The van der Waals surface area contributed by atoms with Gasteiger partial charge in [-0.2, -0.15) is 10.2 Å². The van der Waals surface area contributed by atoms with Crippen molar-refractivity contribution < 1.29 is 0 Å². The number of hydrogen-bond acceptors (Lipinski definition) is 9. The summed E-state index contributed by atoms with van der Waals surface area (Å²) in [7, 11) is 0. The van der Waals surface area contributed by atoms with Crippen molar-refractivity contribution in [3.63, 3.8) is 0 Å². The van der Waals surface area contributed by atoms with E-state index in [-0.39, 0.29) is 17.1 Å². The SMILES string of the molecule is CC(C)c1ccc(Nc2ncc(C#N)c(NC3CC(C)(C)NC(C)(C)C3)n2)cc1-n1cnnn1. The average molecular weight is 461 g/mol.